The summed E-state index contributed by atoms with van der Waals surface area (Å²) in [6, 6.07) is 20.3. The second kappa shape index (κ2) is 14.6. The maximum absolute atomic E-state index is 13.2. The van der Waals surface area contributed by atoms with Gasteiger partial charge in [-0.1, -0.05) is 90.1 Å². The van der Waals surface area contributed by atoms with Gasteiger partial charge in [0.25, 0.3) is 5.91 Å². The summed E-state index contributed by atoms with van der Waals surface area (Å²) in [5, 5.41) is 14.6. The summed E-state index contributed by atoms with van der Waals surface area (Å²) in [7, 11) is 0. The van der Waals surface area contributed by atoms with Gasteiger partial charge in [0.2, 0.25) is 5.91 Å². The molecule has 2 atom stereocenters. The number of ether oxygens (including phenoxy) is 1. The largest absolute Gasteiger partial charge is 0.493 e. The van der Waals surface area contributed by atoms with Crippen molar-refractivity contribution in [3.63, 3.8) is 0 Å². The third-order valence-electron chi connectivity index (χ3n) is 7.53. The summed E-state index contributed by atoms with van der Waals surface area (Å²) < 4.78 is 5.87. The number of benzene rings is 3. The lowest BCUT2D eigenvalue weighted by Gasteiger charge is -2.21. The average molecular weight is 637 g/mol. The third kappa shape index (κ3) is 9.97. The van der Waals surface area contributed by atoms with Crippen LogP contribution in [0.15, 0.2) is 85.2 Å². The molecule has 0 spiro atoms. The molecular formula is C38H44N4O5. The zero-order valence-corrected chi connectivity index (χ0v) is 28.1. The Labute approximate surface area is 276 Å². The molecule has 0 radical (unpaired) electrons. The van der Waals surface area contributed by atoms with Gasteiger partial charge in [0.1, 0.15) is 17.8 Å². The van der Waals surface area contributed by atoms with Crippen LogP contribution in [0.2, 0.25) is 0 Å². The summed E-state index contributed by atoms with van der Waals surface area (Å²) in [6.45, 7) is 14.6. The molecule has 0 saturated carbocycles. The summed E-state index contributed by atoms with van der Waals surface area (Å²) in [5.74, 6) is -0.824. The van der Waals surface area contributed by atoms with Gasteiger partial charge in [-0.3, -0.25) is 14.4 Å². The monoisotopic (exact) mass is 636 g/mol. The van der Waals surface area contributed by atoms with Gasteiger partial charge >= 0.3 is 5.97 Å². The van der Waals surface area contributed by atoms with E-state index in [0.29, 0.717) is 18.0 Å². The van der Waals surface area contributed by atoms with E-state index in [9.17, 15) is 19.5 Å². The Morgan fingerprint density at radius 2 is 1.34 bits per heavy atom. The number of amides is 2. The number of hydrogen-bond acceptors (Lipinski definition) is 6. The Hall–Kier alpha value is -5.05. The van der Waals surface area contributed by atoms with Crippen molar-refractivity contribution < 1.29 is 24.2 Å². The number of hydrogen-bond donors (Lipinski definition) is 3. The van der Waals surface area contributed by atoms with Gasteiger partial charge in [0, 0.05) is 35.5 Å². The van der Waals surface area contributed by atoms with E-state index in [1.807, 2.05) is 60.7 Å². The Kier molecular flexibility index (Phi) is 10.8. The highest BCUT2D eigenvalue weighted by Gasteiger charge is 2.25. The van der Waals surface area contributed by atoms with Gasteiger partial charge in [-0.05, 0) is 58.7 Å². The van der Waals surface area contributed by atoms with E-state index >= 15 is 0 Å². The van der Waals surface area contributed by atoms with Gasteiger partial charge in [0.15, 0.2) is 5.82 Å². The Morgan fingerprint density at radius 3 is 1.87 bits per heavy atom. The first kappa shape index (κ1) is 34.8. The van der Waals surface area contributed by atoms with Crippen molar-refractivity contribution in [3.05, 3.63) is 102 Å². The van der Waals surface area contributed by atoms with Crippen LogP contribution >= 0.6 is 0 Å². The Balaban J connectivity index is 1.45. The van der Waals surface area contributed by atoms with E-state index in [-0.39, 0.29) is 17.3 Å². The van der Waals surface area contributed by atoms with Gasteiger partial charge < -0.3 is 20.5 Å². The fraction of sp³-hybridized carbons (Fsp3) is 0.342. The molecule has 3 aromatic carbocycles. The Morgan fingerprint density at radius 1 is 0.766 bits per heavy atom. The quantitative estimate of drug-likeness (QED) is 0.172. The second-order valence-electron chi connectivity index (χ2n) is 14.0. The molecule has 0 saturated heterocycles. The van der Waals surface area contributed by atoms with Gasteiger partial charge in [-0.25, -0.2) is 9.97 Å². The molecular weight excluding hydrogens is 592 g/mol. The highest BCUT2D eigenvalue weighted by atomic mass is 16.5. The number of carbonyl (C=O) groups is 3. The van der Waals surface area contributed by atoms with Gasteiger partial charge in [-0.15, -0.1) is 0 Å². The highest BCUT2D eigenvalue weighted by Crippen LogP contribution is 2.25. The van der Waals surface area contributed by atoms with Crippen LogP contribution in [0.1, 0.15) is 70.0 Å². The minimum atomic E-state index is -1.17. The zero-order valence-electron chi connectivity index (χ0n) is 28.1. The number of nitrogens with zero attached hydrogens (tertiary/aromatic N) is 2. The SMILES string of the molecule is CC(NC(=O)C(Cc1ccc(-c2ncc(-c3ccc(OCC(C)(C)C)cc3)cn2)cc1)NC(=O)c1ccc(C(C)(C)C)cc1)C(=O)O. The van der Waals surface area contributed by atoms with E-state index in [2.05, 4.69) is 62.1 Å². The first-order valence-corrected chi connectivity index (χ1v) is 15.7. The predicted octanol–water partition coefficient (Wildman–Crippen LogP) is 6.46. The lowest BCUT2D eigenvalue weighted by Crippen LogP contribution is -2.51. The molecule has 0 fully saturated rings. The number of carboxylic acid groups (broad SMARTS) is 1. The van der Waals surface area contributed by atoms with Crippen molar-refractivity contribution in [3.8, 4) is 28.3 Å². The van der Waals surface area contributed by atoms with Crippen LogP contribution in [0, 0.1) is 5.41 Å². The van der Waals surface area contributed by atoms with E-state index in [4.69, 9.17) is 4.74 Å². The average Bonchev–Trinajstić information content (AvgIpc) is 3.03. The van der Waals surface area contributed by atoms with E-state index in [0.717, 1.165) is 33.6 Å². The minimum absolute atomic E-state index is 0.0719. The maximum atomic E-state index is 13.2. The topological polar surface area (TPSA) is 131 Å². The lowest BCUT2D eigenvalue weighted by atomic mass is 9.86. The molecule has 4 aromatic rings. The first-order valence-electron chi connectivity index (χ1n) is 15.7. The van der Waals surface area contributed by atoms with Crippen molar-refractivity contribution >= 4 is 17.8 Å². The van der Waals surface area contributed by atoms with Gasteiger partial charge in [0.05, 0.1) is 6.61 Å². The molecule has 9 heteroatoms. The molecule has 47 heavy (non-hydrogen) atoms. The number of rotatable bonds is 11. The molecule has 3 N–H and O–H groups in total. The summed E-state index contributed by atoms with van der Waals surface area (Å²) in [6.07, 6.45) is 3.70. The zero-order chi connectivity index (χ0) is 34.4. The van der Waals surface area contributed by atoms with E-state index in [1.54, 1.807) is 24.5 Å². The van der Waals surface area contributed by atoms with Crippen LogP contribution in [0.5, 0.6) is 5.75 Å². The van der Waals surface area contributed by atoms with Crippen molar-refractivity contribution in [2.24, 2.45) is 5.41 Å². The molecule has 2 unspecified atom stereocenters. The molecule has 1 aromatic heterocycles. The number of nitrogens with one attached hydrogen (secondary N) is 2. The van der Waals surface area contributed by atoms with Crippen LogP contribution in [-0.2, 0) is 21.4 Å². The van der Waals surface area contributed by atoms with Crippen molar-refractivity contribution in [1.29, 1.82) is 0 Å². The standard InChI is InChI=1S/C38H44N4O5/c1-24(36(45)46)41-35(44)32(42-34(43)28-12-16-30(17-13-28)38(5,6)7)20-25-8-10-27(11-9-25)33-39-21-29(22-40-33)26-14-18-31(19-15-26)47-23-37(2,3)4/h8-19,21-22,24,32H,20,23H2,1-7H3,(H,41,44)(H,42,43)(H,45,46). The smallest absolute Gasteiger partial charge is 0.325 e. The summed E-state index contributed by atoms with van der Waals surface area (Å²) in [4.78, 5) is 46.8. The highest BCUT2D eigenvalue weighted by molar-refractivity contribution is 5.98. The Bertz CT molecular complexity index is 1670. The number of carbonyl (C=O) groups excluding carboxylic acids is 2. The fourth-order valence-corrected chi connectivity index (χ4v) is 4.64. The van der Waals surface area contributed by atoms with Crippen molar-refractivity contribution in [2.75, 3.05) is 6.61 Å². The summed E-state index contributed by atoms with van der Waals surface area (Å²) in [5.41, 5.74) is 4.89. The van der Waals surface area contributed by atoms with Crippen LogP contribution in [0.4, 0.5) is 0 Å². The van der Waals surface area contributed by atoms with Crippen LogP contribution < -0.4 is 15.4 Å². The normalized spacial score (nSPS) is 12.9. The predicted molar refractivity (Wildman–Crippen MR) is 183 cm³/mol. The number of aromatic nitrogens is 2. The molecule has 246 valence electrons. The molecule has 0 aliphatic carbocycles. The molecule has 4 rings (SSSR count). The molecule has 0 aliphatic rings. The second-order valence-corrected chi connectivity index (χ2v) is 14.0. The number of aliphatic carboxylic acids is 1. The van der Waals surface area contributed by atoms with Crippen LogP contribution in [0.3, 0.4) is 0 Å². The van der Waals surface area contributed by atoms with Crippen LogP contribution in [-0.4, -0.2) is 51.5 Å². The van der Waals surface area contributed by atoms with Crippen LogP contribution in [0.25, 0.3) is 22.5 Å². The molecule has 1 heterocycles. The minimum Gasteiger partial charge on any atom is -0.493 e. The molecule has 0 bridgehead atoms. The van der Waals surface area contributed by atoms with Crippen molar-refractivity contribution in [2.45, 2.75) is 72.4 Å². The van der Waals surface area contributed by atoms with E-state index in [1.165, 1.54) is 6.92 Å². The third-order valence-corrected chi connectivity index (χ3v) is 7.53. The van der Waals surface area contributed by atoms with Crippen molar-refractivity contribution in [1.82, 2.24) is 20.6 Å². The first-order chi connectivity index (χ1) is 22.1. The molecule has 0 aliphatic heterocycles. The molecule has 2 amide bonds. The van der Waals surface area contributed by atoms with Gasteiger partial charge in [-0.2, -0.15) is 0 Å². The maximum Gasteiger partial charge on any atom is 0.325 e. The summed E-state index contributed by atoms with van der Waals surface area (Å²) >= 11 is 0. The lowest BCUT2D eigenvalue weighted by molar-refractivity contribution is -0.141. The molecule has 9 nitrogen and oxygen atoms in total. The fourth-order valence-electron chi connectivity index (χ4n) is 4.64. The number of carboxylic acids is 1. The van der Waals surface area contributed by atoms with E-state index < -0.39 is 29.9 Å².